The van der Waals surface area contributed by atoms with Gasteiger partial charge in [0.05, 0.1) is 23.4 Å². The minimum absolute atomic E-state index is 0.263. The molecule has 0 saturated carbocycles. The van der Waals surface area contributed by atoms with E-state index in [1.165, 1.54) is 0 Å². The van der Waals surface area contributed by atoms with E-state index in [2.05, 4.69) is 9.80 Å². The fraction of sp³-hybridized carbons (Fsp3) is 0.368. The van der Waals surface area contributed by atoms with E-state index < -0.39 is 5.97 Å². The summed E-state index contributed by atoms with van der Waals surface area (Å²) in [4.78, 5) is 21.0. The van der Waals surface area contributed by atoms with Crippen molar-refractivity contribution in [3.05, 3.63) is 46.9 Å². The van der Waals surface area contributed by atoms with Gasteiger partial charge in [-0.15, -0.1) is 0 Å². The third kappa shape index (κ3) is 4.10. The zero-order valence-electron chi connectivity index (χ0n) is 15.0. The third-order valence-electron chi connectivity index (χ3n) is 4.50. The molecule has 1 aliphatic heterocycles. The largest absolute Gasteiger partial charge is 0.460 e. The van der Waals surface area contributed by atoms with Crippen molar-refractivity contribution in [3.8, 4) is 0 Å². The SMILES string of the molecule is CCOC(=O)c1ccc(CN2CCN(c3nc4ccc(Cl)cc4s3)CC2)o1. The van der Waals surface area contributed by atoms with Gasteiger partial charge in [0, 0.05) is 31.2 Å². The summed E-state index contributed by atoms with van der Waals surface area (Å²) in [7, 11) is 0. The summed E-state index contributed by atoms with van der Waals surface area (Å²) in [6.07, 6.45) is 0. The van der Waals surface area contributed by atoms with Gasteiger partial charge in [-0.25, -0.2) is 9.78 Å². The Morgan fingerprint density at radius 3 is 2.85 bits per heavy atom. The number of ether oxygens (including phenoxy) is 1. The highest BCUT2D eigenvalue weighted by atomic mass is 35.5. The Kier molecular flexibility index (Phi) is 5.33. The molecular weight excluding hydrogens is 386 g/mol. The lowest BCUT2D eigenvalue weighted by Crippen LogP contribution is -2.45. The molecule has 27 heavy (non-hydrogen) atoms. The molecule has 6 nitrogen and oxygen atoms in total. The monoisotopic (exact) mass is 405 g/mol. The number of rotatable bonds is 5. The third-order valence-corrected chi connectivity index (χ3v) is 5.81. The molecule has 0 amide bonds. The Balaban J connectivity index is 1.35. The van der Waals surface area contributed by atoms with Crippen LogP contribution in [-0.2, 0) is 11.3 Å². The lowest BCUT2D eigenvalue weighted by Gasteiger charge is -2.34. The van der Waals surface area contributed by atoms with Crippen molar-refractivity contribution in [1.82, 2.24) is 9.88 Å². The standard InChI is InChI=1S/C19H20ClN3O3S/c1-2-25-18(24)16-6-4-14(26-16)12-22-7-9-23(10-8-22)19-21-15-5-3-13(20)11-17(15)27-19/h3-6,11H,2,7-10,12H2,1H3. The summed E-state index contributed by atoms with van der Waals surface area (Å²) >= 11 is 7.75. The van der Waals surface area contributed by atoms with Gasteiger partial charge >= 0.3 is 5.97 Å². The van der Waals surface area contributed by atoms with Gasteiger partial charge in [-0.1, -0.05) is 22.9 Å². The van der Waals surface area contributed by atoms with Crippen LogP contribution in [0, 0.1) is 0 Å². The molecule has 142 valence electrons. The Hall–Kier alpha value is -2.09. The number of esters is 1. The average molecular weight is 406 g/mol. The highest BCUT2D eigenvalue weighted by Gasteiger charge is 2.21. The summed E-state index contributed by atoms with van der Waals surface area (Å²) in [5.74, 6) is 0.629. The molecule has 0 bridgehead atoms. The van der Waals surface area contributed by atoms with Gasteiger partial charge in [0.2, 0.25) is 5.76 Å². The summed E-state index contributed by atoms with van der Waals surface area (Å²) < 4.78 is 11.7. The normalized spacial score (nSPS) is 15.4. The molecule has 1 aliphatic rings. The van der Waals surface area contributed by atoms with Gasteiger partial charge in [-0.3, -0.25) is 4.90 Å². The van der Waals surface area contributed by atoms with Crippen LogP contribution >= 0.6 is 22.9 Å². The minimum atomic E-state index is -0.412. The van der Waals surface area contributed by atoms with Crippen molar-refractivity contribution < 1.29 is 13.9 Å². The second-order valence-corrected chi connectivity index (χ2v) is 7.80. The van der Waals surface area contributed by atoms with Crippen molar-refractivity contribution in [2.75, 3.05) is 37.7 Å². The van der Waals surface area contributed by atoms with E-state index >= 15 is 0 Å². The van der Waals surface area contributed by atoms with Crippen LogP contribution < -0.4 is 4.90 Å². The molecule has 3 aromatic rings. The fourth-order valence-corrected chi connectivity index (χ4v) is 4.41. The summed E-state index contributed by atoms with van der Waals surface area (Å²) in [5, 5.41) is 1.78. The lowest BCUT2D eigenvalue weighted by atomic mass is 10.3. The van der Waals surface area contributed by atoms with E-state index in [0.717, 1.165) is 52.3 Å². The number of thiazole rings is 1. The van der Waals surface area contributed by atoms with Crippen molar-refractivity contribution >= 4 is 44.3 Å². The maximum atomic E-state index is 11.7. The molecular formula is C19H20ClN3O3S. The first-order valence-electron chi connectivity index (χ1n) is 8.91. The molecule has 0 spiro atoms. The predicted molar refractivity (Wildman–Crippen MR) is 107 cm³/mol. The first-order chi connectivity index (χ1) is 13.1. The Labute approximate surface area is 166 Å². The van der Waals surface area contributed by atoms with Crippen molar-refractivity contribution in [2.24, 2.45) is 0 Å². The quantitative estimate of drug-likeness (QED) is 0.597. The minimum Gasteiger partial charge on any atom is -0.460 e. The van der Waals surface area contributed by atoms with Crippen LogP contribution in [0.5, 0.6) is 0 Å². The molecule has 1 saturated heterocycles. The second kappa shape index (κ2) is 7.88. The van der Waals surface area contributed by atoms with Crippen LogP contribution in [0.25, 0.3) is 10.2 Å². The van der Waals surface area contributed by atoms with E-state index in [1.807, 2.05) is 24.3 Å². The van der Waals surface area contributed by atoms with Crippen LogP contribution in [-0.4, -0.2) is 48.6 Å². The molecule has 1 fully saturated rings. The van der Waals surface area contributed by atoms with Crippen LogP contribution in [0.1, 0.15) is 23.2 Å². The number of nitrogens with zero attached hydrogens (tertiary/aromatic N) is 3. The highest BCUT2D eigenvalue weighted by Crippen LogP contribution is 2.31. The molecule has 0 N–H and O–H groups in total. The second-order valence-electron chi connectivity index (χ2n) is 6.36. The molecule has 2 aromatic heterocycles. The predicted octanol–water partition coefficient (Wildman–Crippen LogP) is 4.04. The molecule has 0 aliphatic carbocycles. The van der Waals surface area contributed by atoms with Crippen LogP contribution in [0.15, 0.2) is 34.7 Å². The van der Waals surface area contributed by atoms with Crippen molar-refractivity contribution in [3.63, 3.8) is 0 Å². The number of furan rings is 1. The smallest absolute Gasteiger partial charge is 0.374 e. The molecule has 0 radical (unpaired) electrons. The van der Waals surface area contributed by atoms with Gasteiger partial charge in [0.1, 0.15) is 5.76 Å². The van der Waals surface area contributed by atoms with Crippen molar-refractivity contribution in [1.29, 1.82) is 0 Å². The van der Waals surface area contributed by atoms with E-state index in [-0.39, 0.29) is 5.76 Å². The Bertz CT molecular complexity index is 947. The van der Waals surface area contributed by atoms with Gasteiger partial charge in [0.25, 0.3) is 0 Å². The number of benzene rings is 1. The number of carbonyl (C=O) groups is 1. The fourth-order valence-electron chi connectivity index (χ4n) is 3.11. The maximum absolute atomic E-state index is 11.7. The summed E-state index contributed by atoms with van der Waals surface area (Å²) in [6.45, 7) is 6.43. The number of hydrogen-bond acceptors (Lipinski definition) is 7. The molecule has 0 unspecified atom stereocenters. The lowest BCUT2D eigenvalue weighted by molar-refractivity contribution is 0.0486. The zero-order chi connectivity index (χ0) is 18.8. The number of fused-ring (bicyclic) bond motifs is 1. The molecule has 0 atom stereocenters. The van der Waals surface area contributed by atoms with Crippen LogP contribution in [0.3, 0.4) is 0 Å². The number of aromatic nitrogens is 1. The van der Waals surface area contributed by atoms with Crippen LogP contribution in [0.4, 0.5) is 5.13 Å². The number of halogens is 1. The van der Waals surface area contributed by atoms with Gasteiger partial charge in [0.15, 0.2) is 5.13 Å². The van der Waals surface area contributed by atoms with Gasteiger partial charge in [-0.2, -0.15) is 0 Å². The first-order valence-corrected chi connectivity index (χ1v) is 10.1. The number of carbonyl (C=O) groups excluding carboxylic acids is 1. The highest BCUT2D eigenvalue weighted by molar-refractivity contribution is 7.22. The maximum Gasteiger partial charge on any atom is 0.374 e. The van der Waals surface area contributed by atoms with E-state index in [0.29, 0.717) is 13.2 Å². The topological polar surface area (TPSA) is 58.8 Å². The van der Waals surface area contributed by atoms with E-state index in [9.17, 15) is 4.79 Å². The molecule has 8 heteroatoms. The zero-order valence-corrected chi connectivity index (χ0v) is 16.6. The average Bonchev–Trinajstić information content (AvgIpc) is 3.29. The first kappa shape index (κ1) is 18.3. The van der Waals surface area contributed by atoms with E-state index in [1.54, 1.807) is 24.3 Å². The molecule has 4 rings (SSSR count). The number of piperazine rings is 1. The van der Waals surface area contributed by atoms with E-state index in [4.69, 9.17) is 25.7 Å². The Morgan fingerprint density at radius 2 is 2.07 bits per heavy atom. The van der Waals surface area contributed by atoms with Crippen molar-refractivity contribution in [2.45, 2.75) is 13.5 Å². The van der Waals surface area contributed by atoms with Gasteiger partial charge < -0.3 is 14.1 Å². The van der Waals surface area contributed by atoms with Gasteiger partial charge in [-0.05, 0) is 37.3 Å². The van der Waals surface area contributed by atoms with Crippen LogP contribution in [0.2, 0.25) is 5.02 Å². The Morgan fingerprint density at radius 1 is 1.26 bits per heavy atom. The number of anilines is 1. The molecule has 3 heterocycles. The number of hydrogen-bond donors (Lipinski definition) is 0. The summed E-state index contributed by atoms with van der Waals surface area (Å²) in [6, 6.07) is 9.32. The molecule has 1 aromatic carbocycles. The summed E-state index contributed by atoms with van der Waals surface area (Å²) in [5.41, 5.74) is 0.990.